The Hall–Kier alpha value is -7.23. The molecule has 0 N–H and O–H groups in total. The molecule has 0 aliphatic heterocycles. The van der Waals surface area contributed by atoms with E-state index in [2.05, 4.69) is 198 Å². The molecule has 3 heteroatoms. The van der Waals surface area contributed by atoms with Crippen molar-refractivity contribution in [3.05, 3.63) is 218 Å². The van der Waals surface area contributed by atoms with Gasteiger partial charge in [-0.15, -0.1) is 0 Å². The molecule has 0 spiro atoms. The zero-order valence-electron chi connectivity index (χ0n) is 30.0. The monoisotopic (exact) mass is 706 g/mol. The molecule has 2 nitrogen and oxygen atoms in total. The van der Waals surface area contributed by atoms with Crippen LogP contribution in [0, 0.1) is 5.82 Å². The van der Waals surface area contributed by atoms with Crippen LogP contribution in [0.15, 0.2) is 212 Å². The highest BCUT2D eigenvalue weighted by Gasteiger charge is 2.16. The minimum absolute atomic E-state index is 0.236. The zero-order chi connectivity index (χ0) is 36.7. The summed E-state index contributed by atoms with van der Waals surface area (Å²) in [6.07, 6.45) is 0. The molecule has 9 aromatic carbocycles. The SMILES string of the molecule is Fc1ccc(-c2ccc(N(c3ccc(-c4ccc(-c5ccc6ccccc6c5)cc4)cc3)c3ccc(-n4c5ccccc5c5ccccc54)cc3)cc2)cc1. The average molecular weight is 707 g/mol. The predicted octanol–water partition coefficient (Wildman–Crippen LogP) is 14.5. The molecule has 0 fully saturated rings. The molecule has 0 radical (unpaired) electrons. The lowest BCUT2D eigenvalue weighted by atomic mass is 9.98. The summed E-state index contributed by atoms with van der Waals surface area (Å²) < 4.78 is 16.0. The Morgan fingerprint density at radius 3 is 1.24 bits per heavy atom. The van der Waals surface area contributed by atoms with Crippen LogP contribution in [-0.2, 0) is 0 Å². The van der Waals surface area contributed by atoms with Crippen molar-refractivity contribution in [2.24, 2.45) is 0 Å². The number of hydrogen-bond donors (Lipinski definition) is 0. The molecule has 1 heterocycles. The molecular weight excluding hydrogens is 672 g/mol. The molecule has 1 aromatic heterocycles. The first kappa shape index (κ1) is 32.4. The van der Waals surface area contributed by atoms with Gasteiger partial charge in [-0.1, -0.05) is 133 Å². The van der Waals surface area contributed by atoms with Crippen LogP contribution in [0.2, 0.25) is 0 Å². The lowest BCUT2D eigenvalue weighted by Gasteiger charge is -2.26. The summed E-state index contributed by atoms with van der Waals surface area (Å²) in [7, 11) is 0. The number of hydrogen-bond acceptors (Lipinski definition) is 1. The van der Waals surface area contributed by atoms with Gasteiger partial charge in [-0.2, -0.15) is 0 Å². The number of aromatic nitrogens is 1. The molecule has 0 amide bonds. The second kappa shape index (κ2) is 13.6. The first-order chi connectivity index (χ1) is 27.2. The molecule has 10 aromatic rings. The predicted molar refractivity (Wildman–Crippen MR) is 229 cm³/mol. The fourth-order valence-electron chi connectivity index (χ4n) is 7.87. The van der Waals surface area contributed by atoms with Crippen molar-refractivity contribution in [3.63, 3.8) is 0 Å². The van der Waals surface area contributed by atoms with Crippen LogP contribution in [0.5, 0.6) is 0 Å². The first-order valence-corrected chi connectivity index (χ1v) is 18.6. The van der Waals surface area contributed by atoms with Crippen LogP contribution < -0.4 is 4.90 Å². The molecule has 260 valence electrons. The van der Waals surface area contributed by atoms with Gasteiger partial charge in [0.1, 0.15) is 5.82 Å². The van der Waals surface area contributed by atoms with E-state index >= 15 is 0 Å². The van der Waals surface area contributed by atoms with Gasteiger partial charge in [0.05, 0.1) is 11.0 Å². The Morgan fingerprint density at radius 1 is 0.327 bits per heavy atom. The second-order valence-corrected chi connectivity index (χ2v) is 14.0. The van der Waals surface area contributed by atoms with Crippen molar-refractivity contribution < 1.29 is 4.39 Å². The second-order valence-electron chi connectivity index (χ2n) is 14.0. The number of halogens is 1. The smallest absolute Gasteiger partial charge is 0.123 e. The Kier molecular flexibility index (Phi) is 8.04. The summed E-state index contributed by atoms with van der Waals surface area (Å²) in [5, 5.41) is 4.98. The maximum Gasteiger partial charge on any atom is 0.123 e. The molecule has 0 atom stereocenters. The minimum atomic E-state index is -0.236. The largest absolute Gasteiger partial charge is 0.311 e. The van der Waals surface area contributed by atoms with Crippen LogP contribution in [0.1, 0.15) is 0 Å². The normalized spacial score (nSPS) is 11.4. The van der Waals surface area contributed by atoms with Gasteiger partial charge in [-0.3, -0.25) is 0 Å². The Balaban J connectivity index is 1.00. The van der Waals surface area contributed by atoms with E-state index in [9.17, 15) is 4.39 Å². The van der Waals surface area contributed by atoms with Gasteiger partial charge in [0.25, 0.3) is 0 Å². The molecule has 0 unspecified atom stereocenters. The third-order valence-electron chi connectivity index (χ3n) is 10.7. The number of rotatable bonds is 7. The van der Waals surface area contributed by atoms with Crippen molar-refractivity contribution in [3.8, 4) is 39.1 Å². The number of benzene rings is 9. The number of fused-ring (bicyclic) bond motifs is 4. The molecule has 55 heavy (non-hydrogen) atoms. The van der Waals surface area contributed by atoms with E-state index in [1.165, 1.54) is 61.4 Å². The van der Waals surface area contributed by atoms with Crippen LogP contribution in [0.4, 0.5) is 21.5 Å². The van der Waals surface area contributed by atoms with E-state index in [1.54, 1.807) is 0 Å². The highest BCUT2D eigenvalue weighted by Crippen LogP contribution is 2.39. The van der Waals surface area contributed by atoms with Crippen molar-refractivity contribution in [1.29, 1.82) is 0 Å². The third kappa shape index (κ3) is 6.02. The van der Waals surface area contributed by atoms with Gasteiger partial charge in [0.15, 0.2) is 0 Å². The Morgan fingerprint density at radius 2 is 0.709 bits per heavy atom. The van der Waals surface area contributed by atoms with E-state index < -0.39 is 0 Å². The fraction of sp³-hybridized carbons (Fsp3) is 0. The standard InChI is InChI=1S/C52H35FN2/c53-44-25-19-38(20-26-44)40-23-29-46(30-24-40)54(47-31-33-48(34-32-47)55-51-11-5-3-9-49(51)50-10-4-6-12-52(50)55)45-27-21-39(22-28-45)37-13-15-41(16-14-37)43-18-17-36-7-1-2-8-42(36)35-43/h1-35H. The number of nitrogens with zero attached hydrogens (tertiary/aromatic N) is 2. The van der Waals surface area contributed by atoms with E-state index in [-0.39, 0.29) is 5.82 Å². The van der Waals surface area contributed by atoms with Crippen molar-refractivity contribution in [1.82, 2.24) is 4.57 Å². The zero-order valence-corrected chi connectivity index (χ0v) is 30.0. The van der Waals surface area contributed by atoms with Gasteiger partial charge in [0, 0.05) is 33.5 Å². The number of para-hydroxylation sites is 2. The van der Waals surface area contributed by atoms with Gasteiger partial charge in [-0.05, 0) is 123 Å². The topological polar surface area (TPSA) is 8.17 Å². The summed E-state index contributed by atoms with van der Waals surface area (Å²) in [6, 6.07) is 73.9. The van der Waals surface area contributed by atoms with Crippen LogP contribution in [-0.4, -0.2) is 4.57 Å². The van der Waals surface area contributed by atoms with Crippen molar-refractivity contribution in [2.75, 3.05) is 4.90 Å². The van der Waals surface area contributed by atoms with Crippen LogP contribution in [0.3, 0.4) is 0 Å². The third-order valence-corrected chi connectivity index (χ3v) is 10.7. The Bertz CT molecular complexity index is 2890. The lowest BCUT2D eigenvalue weighted by Crippen LogP contribution is -2.10. The first-order valence-electron chi connectivity index (χ1n) is 18.6. The number of anilines is 3. The fourth-order valence-corrected chi connectivity index (χ4v) is 7.87. The summed E-state index contributed by atoms with van der Waals surface area (Å²) in [4.78, 5) is 2.29. The molecule has 0 saturated carbocycles. The quantitative estimate of drug-likeness (QED) is 0.160. The highest BCUT2D eigenvalue weighted by atomic mass is 19.1. The van der Waals surface area contributed by atoms with Crippen molar-refractivity contribution >= 4 is 49.6 Å². The van der Waals surface area contributed by atoms with Gasteiger partial charge in [-0.25, -0.2) is 4.39 Å². The summed E-state index contributed by atoms with van der Waals surface area (Å²) in [5.74, 6) is -0.236. The van der Waals surface area contributed by atoms with Gasteiger partial charge >= 0.3 is 0 Å². The average Bonchev–Trinajstić information content (AvgIpc) is 3.59. The maximum absolute atomic E-state index is 13.7. The van der Waals surface area contributed by atoms with Crippen molar-refractivity contribution in [2.45, 2.75) is 0 Å². The summed E-state index contributed by atoms with van der Waals surface area (Å²) in [5.41, 5.74) is 13.4. The van der Waals surface area contributed by atoms with E-state index in [4.69, 9.17) is 0 Å². The highest BCUT2D eigenvalue weighted by molar-refractivity contribution is 6.09. The molecule has 10 rings (SSSR count). The molecule has 0 bridgehead atoms. The maximum atomic E-state index is 13.7. The van der Waals surface area contributed by atoms with E-state index in [1.807, 2.05) is 12.1 Å². The molecular formula is C52H35FN2. The van der Waals surface area contributed by atoms with E-state index in [0.717, 1.165) is 39.4 Å². The molecule has 0 aliphatic rings. The summed E-state index contributed by atoms with van der Waals surface area (Å²) in [6.45, 7) is 0. The van der Waals surface area contributed by atoms with Gasteiger partial charge < -0.3 is 9.47 Å². The Labute approximate surface area is 319 Å². The van der Waals surface area contributed by atoms with E-state index in [0.29, 0.717) is 0 Å². The summed E-state index contributed by atoms with van der Waals surface area (Å²) >= 11 is 0. The van der Waals surface area contributed by atoms with Crippen LogP contribution >= 0.6 is 0 Å². The molecule has 0 aliphatic carbocycles. The lowest BCUT2D eigenvalue weighted by molar-refractivity contribution is 0.628. The minimum Gasteiger partial charge on any atom is -0.311 e. The van der Waals surface area contributed by atoms with Crippen LogP contribution in [0.25, 0.3) is 71.6 Å². The molecule has 0 saturated heterocycles. The van der Waals surface area contributed by atoms with Gasteiger partial charge in [0.2, 0.25) is 0 Å².